The van der Waals surface area contributed by atoms with Crippen LogP contribution >= 0.6 is 0 Å². The molecule has 1 aromatic rings. The molecular weight excluding hydrogens is 284 g/mol. The monoisotopic (exact) mass is 298 g/mol. The van der Waals surface area contributed by atoms with Gasteiger partial charge in [-0.2, -0.15) is 5.26 Å². The van der Waals surface area contributed by atoms with Crippen molar-refractivity contribution in [2.45, 2.75) is 32.0 Å². The predicted octanol–water partition coefficient (Wildman–Crippen LogP) is 1.45. The van der Waals surface area contributed by atoms with Crippen LogP contribution in [0.15, 0.2) is 12.1 Å². The number of aliphatic hydroxyl groups is 1. The first-order chi connectivity index (χ1) is 9.76. The van der Waals surface area contributed by atoms with Crippen molar-refractivity contribution in [2.75, 3.05) is 0 Å². The highest BCUT2D eigenvalue weighted by Crippen LogP contribution is 2.41. The van der Waals surface area contributed by atoms with Gasteiger partial charge < -0.3 is 19.7 Å². The fourth-order valence-corrected chi connectivity index (χ4v) is 2.06. The third-order valence-electron chi connectivity index (χ3n) is 3.28. The lowest BCUT2D eigenvalue weighted by Gasteiger charge is -2.38. The molecule has 0 bridgehead atoms. The van der Waals surface area contributed by atoms with Crippen LogP contribution in [-0.4, -0.2) is 39.3 Å². The number of fused-ring (bicyclic) bond motifs is 1. The Labute approximate surface area is 119 Å². The molecule has 1 heterocycles. The van der Waals surface area contributed by atoms with E-state index < -0.39 is 23.8 Å². The van der Waals surface area contributed by atoms with Gasteiger partial charge in [0.15, 0.2) is 0 Å². The Bertz CT molecular complexity index is 592. The van der Waals surface area contributed by atoms with Crippen LogP contribution in [0, 0.1) is 0 Å². The molecule has 0 radical (unpaired) electrons. The normalized spacial score (nSPS) is 19.1. The van der Waals surface area contributed by atoms with Gasteiger partial charge in [0.25, 0.3) is 0 Å². The number of hydrogen-bond donors (Lipinski definition) is 3. The second-order valence-electron chi connectivity index (χ2n) is 5.09. The molecule has 3 N–H and O–H groups in total. The van der Waals surface area contributed by atoms with Crippen LogP contribution in [0.25, 0.3) is 0 Å². The van der Waals surface area contributed by atoms with E-state index in [9.17, 15) is 19.8 Å². The maximum Gasteiger partial charge on any atom is 0.545 e. The number of aliphatic hydroxyl groups excluding tert-OH is 1. The lowest BCUT2D eigenvalue weighted by Crippen LogP contribution is -2.46. The highest BCUT2D eigenvalue weighted by molar-refractivity contribution is 5.92. The minimum atomic E-state index is -1.38. The molecule has 1 aromatic carbocycles. The third kappa shape index (κ3) is 2.76. The number of carbonyl (C=O) groups excluding carboxylic acids is 1. The van der Waals surface area contributed by atoms with Crippen molar-refractivity contribution in [3.8, 4) is 11.5 Å². The summed E-state index contributed by atoms with van der Waals surface area (Å²) in [5.41, 5.74) is -0.894. The Hall–Kier alpha value is -2.32. The first kappa shape index (κ1) is 15.1. The van der Waals surface area contributed by atoms with E-state index in [1.54, 1.807) is 13.8 Å². The zero-order valence-electron chi connectivity index (χ0n) is 11.3. The summed E-state index contributed by atoms with van der Waals surface area (Å²) in [6.45, 7) is 3.23. The summed E-state index contributed by atoms with van der Waals surface area (Å²) < 4.78 is 10.3. The molecule has 1 aliphatic rings. The molecule has 1 atom stereocenters. The summed E-state index contributed by atoms with van der Waals surface area (Å²) in [6, 6.07) is 2.43. The Morgan fingerprint density at radius 1 is 1.38 bits per heavy atom. The van der Waals surface area contributed by atoms with Crippen LogP contribution in [0.1, 0.15) is 29.8 Å². The van der Waals surface area contributed by atoms with Gasteiger partial charge in [0.1, 0.15) is 22.7 Å². The van der Waals surface area contributed by atoms with E-state index in [4.69, 9.17) is 14.7 Å². The quantitative estimate of drug-likeness (QED) is 0.324. The van der Waals surface area contributed by atoms with E-state index in [-0.39, 0.29) is 29.0 Å². The molecule has 0 saturated heterocycles. The Morgan fingerprint density at radius 3 is 2.62 bits per heavy atom. The molecule has 1 unspecified atom stereocenters. The molecule has 21 heavy (non-hydrogen) atoms. The van der Waals surface area contributed by atoms with Crippen LogP contribution in [0.2, 0.25) is 0 Å². The smallest absolute Gasteiger partial charge is 0.484 e. The van der Waals surface area contributed by atoms with Gasteiger partial charge in [-0.15, -0.1) is 0 Å². The zero-order chi connectivity index (χ0) is 15.8. The Balaban J connectivity index is 2.54. The van der Waals surface area contributed by atoms with Crippen LogP contribution in [0.3, 0.4) is 0 Å². The highest BCUT2D eigenvalue weighted by atomic mass is 17.1. The largest absolute Gasteiger partial charge is 0.545 e. The lowest BCUT2D eigenvalue weighted by atomic mass is 9.89. The van der Waals surface area contributed by atoms with Gasteiger partial charge in [0.05, 0.1) is 6.10 Å². The van der Waals surface area contributed by atoms with Crippen LogP contribution in [0.4, 0.5) is 4.79 Å². The number of carboxylic acids is 1. The molecule has 0 aliphatic carbocycles. The van der Waals surface area contributed by atoms with Crippen LogP contribution in [-0.2, 0) is 11.3 Å². The van der Waals surface area contributed by atoms with Crippen LogP contribution < -0.4 is 9.47 Å². The van der Waals surface area contributed by atoms with Crippen molar-refractivity contribution in [1.82, 2.24) is 0 Å². The lowest BCUT2D eigenvalue weighted by molar-refractivity contribution is -0.191. The number of hydrogen-bond acceptors (Lipinski definition) is 7. The minimum Gasteiger partial charge on any atom is -0.484 e. The molecular formula is C13H14O8. The highest BCUT2D eigenvalue weighted by Gasteiger charge is 2.39. The molecule has 8 heteroatoms. The summed E-state index contributed by atoms with van der Waals surface area (Å²) in [4.78, 5) is 25.6. The van der Waals surface area contributed by atoms with E-state index in [1.165, 1.54) is 12.1 Å². The van der Waals surface area contributed by atoms with Crippen molar-refractivity contribution >= 4 is 12.1 Å². The topological polar surface area (TPSA) is 123 Å². The Morgan fingerprint density at radius 2 is 2.05 bits per heavy atom. The number of benzene rings is 1. The van der Waals surface area contributed by atoms with Crippen molar-refractivity contribution in [3.63, 3.8) is 0 Å². The standard InChI is InChI=1S/C13H14O8/c1-13(2)9(14)5-7-8(19-12(17)21-18)4-3-6(11(15)16)10(7)20-13/h3-4,9,14,18H,5H2,1-2H3,(H,15,16). The third-order valence-corrected chi connectivity index (χ3v) is 3.28. The van der Waals surface area contributed by atoms with Crippen molar-refractivity contribution in [2.24, 2.45) is 0 Å². The number of aromatic carboxylic acids is 1. The SMILES string of the molecule is CC1(C)Oc2c(C(=O)O)ccc(OC(=O)OO)c2CC1O. The molecule has 0 fully saturated rings. The molecule has 1 aliphatic heterocycles. The first-order valence-electron chi connectivity index (χ1n) is 6.05. The summed E-state index contributed by atoms with van der Waals surface area (Å²) in [6.07, 6.45) is -2.28. The van der Waals surface area contributed by atoms with Crippen molar-refractivity contribution in [1.29, 1.82) is 0 Å². The predicted molar refractivity (Wildman–Crippen MR) is 67.6 cm³/mol. The van der Waals surface area contributed by atoms with Crippen LogP contribution in [0.5, 0.6) is 11.5 Å². The number of rotatable bonds is 2. The molecule has 0 spiro atoms. The molecule has 0 amide bonds. The van der Waals surface area contributed by atoms with Gasteiger partial charge in [-0.1, -0.05) is 0 Å². The summed E-state index contributed by atoms with van der Waals surface area (Å²) >= 11 is 0. The summed E-state index contributed by atoms with van der Waals surface area (Å²) in [5, 5.41) is 27.4. The number of carboxylic acid groups (broad SMARTS) is 1. The van der Waals surface area contributed by atoms with E-state index in [2.05, 4.69) is 4.89 Å². The molecule has 114 valence electrons. The minimum absolute atomic E-state index is 0.0149. The molecule has 0 saturated carbocycles. The molecule has 8 nitrogen and oxygen atoms in total. The van der Waals surface area contributed by atoms with Crippen molar-refractivity contribution in [3.05, 3.63) is 23.3 Å². The van der Waals surface area contributed by atoms with E-state index in [1.807, 2.05) is 0 Å². The van der Waals surface area contributed by atoms with E-state index in [0.717, 1.165) is 0 Å². The average Bonchev–Trinajstić information content (AvgIpc) is 2.40. The van der Waals surface area contributed by atoms with E-state index >= 15 is 0 Å². The summed E-state index contributed by atoms with van der Waals surface area (Å²) in [7, 11) is 0. The van der Waals surface area contributed by atoms with E-state index in [0.29, 0.717) is 0 Å². The number of carbonyl (C=O) groups is 2. The van der Waals surface area contributed by atoms with Gasteiger partial charge in [-0.25, -0.2) is 9.59 Å². The van der Waals surface area contributed by atoms with Gasteiger partial charge >= 0.3 is 12.1 Å². The first-order valence-corrected chi connectivity index (χ1v) is 6.05. The Kier molecular flexibility index (Phi) is 3.75. The zero-order valence-corrected chi connectivity index (χ0v) is 11.3. The van der Waals surface area contributed by atoms with Gasteiger partial charge in [0.2, 0.25) is 0 Å². The van der Waals surface area contributed by atoms with Gasteiger partial charge in [0, 0.05) is 12.0 Å². The second kappa shape index (κ2) is 5.23. The van der Waals surface area contributed by atoms with Crippen molar-refractivity contribution < 1.29 is 39.4 Å². The number of ether oxygens (including phenoxy) is 2. The maximum atomic E-state index is 11.2. The van der Waals surface area contributed by atoms with Gasteiger partial charge in [-0.05, 0) is 26.0 Å². The maximum absolute atomic E-state index is 11.2. The summed E-state index contributed by atoms with van der Waals surface area (Å²) in [5.74, 6) is -1.25. The second-order valence-corrected chi connectivity index (χ2v) is 5.09. The fraction of sp³-hybridized carbons (Fsp3) is 0.385. The van der Waals surface area contributed by atoms with Gasteiger partial charge in [-0.3, -0.25) is 4.89 Å². The molecule has 2 rings (SSSR count). The fourth-order valence-electron chi connectivity index (χ4n) is 2.06. The average molecular weight is 298 g/mol. The molecule has 0 aromatic heterocycles.